The molecule has 21 heavy (non-hydrogen) atoms. The number of halogens is 11. The fourth-order valence-electron chi connectivity index (χ4n) is 1.12. The lowest BCUT2D eigenvalue weighted by Gasteiger charge is -2.38. The van der Waals surface area contributed by atoms with Gasteiger partial charge in [-0.3, -0.25) is 0 Å². The van der Waals surface area contributed by atoms with Gasteiger partial charge in [0.2, 0.25) is 0 Å². The molecule has 0 amide bonds. The Balaban J connectivity index is 6.00. The molecule has 0 aromatic heterocycles. The second-order valence-electron chi connectivity index (χ2n) is 3.65. The number of alkyl halides is 11. The third kappa shape index (κ3) is 2.84. The van der Waals surface area contributed by atoms with E-state index in [1.54, 1.807) is 0 Å². The Kier molecular flexibility index (Phi) is 5.36. The molecule has 0 atom stereocenters. The molecule has 0 aliphatic carbocycles. The molecular weight excluding hydrogens is 353 g/mol. The highest BCUT2D eigenvalue weighted by molar-refractivity contribution is 6.48. The lowest BCUT2D eigenvalue weighted by molar-refractivity contribution is -0.415. The van der Waals surface area contributed by atoms with Crippen molar-refractivity contribution in [1.29, 1.82) is 0 Å². The van der Waals surface area contributed by atoms with Gasteiger partial charge in [-0.1, -0.05) is 0 Å². The summed E-state index contributed by atoms with van der Waals surface area (Å²) in [6.45, 7) is 0. The highest BCUT2D eigenvalue weighted by Crippen LogP contribution is 2.57. The molecule has 128 valence electrons. The van der Waals surface area contributed by atoms with Crippen molar-refractivity contribution in [3.63, 3.8) is 0 Å². The molecule has 0 aromatic rings. The Hall–Kier alpha value is -0.633. The normalized spacial score (nSPS) is 15.7. The number of rotatable bonds is 6. The first kappa shape index (κ1) is 20.4. The van der Waals surface area contributed by atoms with Crippen LogP contribution in [0.15, 0.2) is 0 Å². The van der Waals surface area contributed by atoms with Crippen LogP contribution < -0.4 is 0 Å². The molecule has 0 fully saturated rings. The van der Waals surface area contributed by atoms with E-state index in [4.69, 9.17) is 0 Å². The maximum absolute atomic E-state index is 13.2. The largest absolute Gasteiger partial charge is 0.460 e. The lowest BCUT2D eigenvalue weighted by Crippen LogP contribution is -2.70. The number of hydrogen-bond donors (Lipinski definition) is 0. The van der Waals surface area contributed by atoms with Crippen molar-refractivity contribution in [2.24, 2.45) is 0 Å². The third-order valence-electron chi connectivity index (χ3n) is 2.29. The van der Waals surface area contributed by atoms with Crippen molar-refractivity contribution in [1.82, 2.24) is 0 Å². The van der Waals surface area contributed by atoms with Crippen LogP contribution in [-0.4, -0.2) is 53.0 Å². The zero-order valence-electron chi connectivity index (χ0n) is 10.1. The van der Waals surface area contributed by atoms with Crippen LogP contribution in [0.25, 0.3) is 0 Å². The van der Waals surface area contributed by atoms with Gasteiger partial charge in [0, 0.05) is 14.2 Å². The van der Waals surface area contributed by atoms with Crippen molar-refractivity contribution in [2.75, 3.05) is 14.2 Å². The first-order valence-corrected chi connectivity index (χ1v) is 6.18. The van der Waals surface area contributed by atoms with Gasteiger partial charge in [-0.2, -0.15) is 48.3 Å². The van der Waals surface area contributed by atoms with Crippen molar-refractivity contribution >= 4 is 9.28 Å². The first-order valence-electron chi connectivity index (χ1n) is 4.66. The Morgan fingerprint density at radius 2 is 0.905 bits per heavy atom. The molecular formula is C7H7F11O2Si. The van der Waals surface area contributed by atoms with E-state index in [2.05, 4.69) is 8.85 Å². The topological polar surface area (TPSA) is 18.5 Å². The molecule has 0 saturated heterocycles. The van der Waals surface area contributed by atoms with Crippen molar-refractivity contribution in [2.45, 2.75) is 29.5 Å². The maximum atomic E-state index is 13.2. The van der Waals surface area contributed by atoms with Gasteiger partial charge in [0.25, 0.3) is 0 Å². The molecule has 0 radical (unpaired) electrons. The molecule has 0 unspecified atom stereocenters. The van der Waals surface area contributed by atoms with Crippen LogP contribution in [0.1, 0.15) is 0 Å². The monoisotopic (exact) mass is 360 g/mol. The average molecular weight is 360 g/mol. The molecule has 0 aliphatic rings. The Morgan fingerprint density at radius 1 is 0.571 bits per heavy atom. The van der Waals surface area contributed by atoms with Crippen LogP contribution in [0.4, 0.5) is 48.3 Å². The standard InChI is InChI=1S/C7H7F11O2Si/c1-19-21(20-2)7(17,18)5(12,13)3(8,9)4(10,11)6(14,15)16/h21H,1-2H3. The summed E-state index contributed by atoms with van der Waals surface area (Å²) in [5, 5.41) is 0. The summed E-state index contributed by atoms with van der Waals surface area (Å²) >= 11 is 0. The first-order chi connectivity index (χ1) is 9.02. The Morgan fingerprint density at radius 3 is 1.14 bits per heavy atom. The van der Waals surface area contributed by atoms with Crippen LogP contribution in [0.3, 0.4) is 0 Å². The summed E-state index contributed by atoms with van der Waals surface area (Å²) in [5.41, 5.74) is -6.05. The maximum Gasteiger partial charge on any atom is 0.460 e. The third-order valence-corrected chi connectivity index (χ3v) is 4.10. The minimum absolute atomic E-state index is 0.324. The second-order valence-corrected chi connectivity index (χ2v) is 5.98. The molecule has 0 heterocycles. The van der Waals surface area contributed by atoms with Gasteiger partial charge in [0.1, 0.15) is 0 Å². The molecule has 0 aliphatic heterocycles. The summed E-state index contributed by atoms with van der Waals surface area (Å²) in [6.07, 6.45) is -7.17. The zero-order valence-corrected chi connectivity index (χ0v) is 11.2. The minimum atomic E-state index is -7.43. The second kappa shape index (κ2) is 5.53. The summed E-state index contributed by atoms with van der Waals surface area (Å²) in [4.78, 5) is 0. The fraction of sp³-hybridized carbons (Fsp3) is 1.00. The van der Waals surface area contributed by atoms with Crippen LogP contribution in [0.5, 0.6) is 0 Å². The van der Waals surface area contributed by atoms with E-state index in [0.717, 1.165) is 0 Å². The van der Waals surface area contributed by atoms with E-state index in [1.807, 2.05) is 0 Å². The lowest BCUT2D eigenvalue weighted by atomic mass is 10.0. The molecule has 0 bridgehead atoms. The highest BCUT2D eigenvalue weighted by atomic mass is 28.3. The van der Waals surface area contributed by atoms with Crippen molar-refractivity contribution in [3.05, 3.63) is 0 Å². The zero-order chi connectivity index (χ0) is 17.5. The summed E-state index contributed by atoms with van der Waals surface area (Å²) in [7, 11) is -4.37. The van der Waals surface area contributed by atoms with E-state index >= 15 is 0 Å². The van der Waals surface area contributed by atoms with Crippen molar-refractivity contribution in [3.8, 4) is 0 Å². The Bertz CT molecular complexity index is 362. The van der Waals surface area contributed by atoms with Gasteiger partial charge in [0.15, 0.2) is 0 Å². The van der Waals surface area contributed by atoms with Crippen molar-refractivity contribution < 1.29 is 57.1 Å². The van der Waals surface area contributed by atoms with Crippen LogP contribution in [0, 0.1) is 0 Å². The van der Waals surface area contributed by atoms with E-state index in [1.165, 1.54) is 0 Å². The molecule has 0 saturated carbocycles. The molecule has 14 heteroatoms. The van der Waals surface area contributed by atoms with E-state index in [0.29, 0.717) is 14.2 Å². The van der Waals surface area contributed by atoms with Gasteiger partial charge in [-0.05, 0) is 0 Å². The molecule has 0 spiro atoms. The van der Waals surface area contributed by atoms with Gasteiger partial charge < -0.3 is 8.85 Å². The molecule has 0 aromatic carbocycles. The van der Waals surface area contributed by atoms with Gasteiger partial charge in [-0.25, -0.2) is 0 Å². The highest BCUT2D eigenvalue weighted by Gasteiger charge is 2.88. The molecule has 0 rings (SSSR count). The van der Waals surface area contributed by atoms with E-state index in [-0.39, 0.29) is 0 Å². The predicted molar refractivity (Wildman–Crippen MR) is 47.0 cm³/mol. The summed E-state index contributed by atoms with van der Waals surface area (Å²) < 4.78 is 146. The smallest absolute Gasteiger partial charge is 0.396 e. The van der Waals surface area contributed by atoms with Crippen LogP contribution in [-0.2, 0) is 8.85 Å². The van der Waals surface area contributed by atoms with Gasteiger partial charge in [0.05, 0.1) is 0 Å². The quantitative estimate of drug-likeness (QED) is 0.535. The number of hydrogen-bond acceptors (Lipinski definition) is 2. The molecule has 2 nitrogen and oxygen atoms in total. The van der Waals surface area contributed by atoms with Crippen LogP contribution in [0.2, 0.25) is 0 Å². The Labute approximate surface area is 111 Å². The predicted octanol–water partition coefficient (Wildman–Crippen LogP) is 3.14. The summed E-state index contributed by atoms with van der Waals surface area (Å²) in [6, 6.07) is 0. The minimum Gasteiger partial charge on any atom is -0.396 e. The van der Waals surface area contributed by atoms with E-state index in [9.17, 15) is 48.3 Å². The van der Waals surface area contributed by atoms with Gasteiger partial charge in [-0.15, -0.1) is 0 Å². The molecule has 0 N–H and O–H groups in total. The average Bonchev–Trinajstić information content (AvgIpc) is 2.27. The van der Waals surface area contributed by atoms with Gasteiger partial charge >= 0.3 is 38.8 Å². The SMILES string of the molecule is CO[SiH](OC)C(F)(F)C(F)(F)C(F)(F)C(F)(F)C(F)(F)F. The van der Waals surface area contributed by atoms with E-state index < -0.39 is 38.8 Å². The van der Waals surface area contributed by atoms with Crippen LogP contribution >= 0.6 is 0 Å². The summed E-state index contributed by atoms with van der Waals surface area (Å²) in [5.74, 6) is -21.9. The fourth-order valence-corrected chi connectivity index (χ4v) is 2.39.